The fourth-order valence-corrected chi connectivity index (χ4v) is 5.66. The largest absolute Gasteiger partial charge is 0.497 e. The SMILES string of the molecule is COc1cccc(-n2c(C)cc([C@H]3[C@H](c4ccccn4)NC(=S)N3c3ccc(OC)c(NC(C)=O)c3)c2C)c1. The Balaban J connectivity index is 1.67. The van der Waals surface area contributed by atoms with Crippen LogP contribution in [0.25, 0.3) is 5.69 Å². The van der Waals surface area contributed by atoms with Crippen LogP contribution in [0.2, 0.25) is 0 Å². The van der Waals surface area contributed by atoms with Gasteiger partial charge in [0.15, 0.2) is 5.11 Å². The number of ether oxygens (including phenoxy) is 2. The number of carbonyl (C=O) groups excluding carboxylic acids is 1. The number of hydrogen-bond acceptors (Lipinski definition) is 5. The van der Waals surface area contributed by atoms with Crippen LogP contribution < -0.4 is 25.0 Å². The molecule has 0 saturated carbocycles. The van der Waals surface area contributed by atoms with E-state index in [1.807, 2.05) is 54.6 Å². The molecule has 0 unspecified atom stereocenters. The monoisotopic (exact) mass is 541 g/mol. The van der Waals surface area contributed by atoms with Gasteiger partial charge in [0.25, 0.3) is 0 Å². The normalized spacial score (nSPS) is 16.6. The zero-order valence-electron chi connectivity index (χ0n) is 22.6. The van der Waals surface area contributed by atoms with Crippen LogP contribution in [0.4, 0.5) is 11.4 Å². The maximum atomic E-state index is 11.9. The average Bonchev–Trinajstić information content (AvgIpc) is 3.43. The Morgan fingerprint density at radius 1 is 1.00 bits per heavy atom. The highest BCUT2D eigenvalue weighted by Crippen LogP contribution is 2.45. The Morgan fingerprint density at radius 3 is 2.51 bits per heavy atom. The van der Waals surface area contributed by atoms with Gasteiger partial charge in [0, 0.05) is 41.9 Å². The summed E-state index contributed by atoms with van der Waals surface area (Å²) < 4.78 is 13.2. The zero-order chi connectivity index (χ0) is 27.7. The minimum absolute atomic E-state index is 0.183. The van der Waals surface area contributed by atoms with E-state index in [4.69, 9.17) is 21.7 Å². The molecule has 1 saturated heterocycles. The number of aryl methyl sites for hydroxylation is 1. The third kappa shape index (κ3) is 4.93. The van der Waals surface area contributed by atoms with Crippen LogP contribution in [0.1, 0.15) is 41.7 Å². The molecule has 0 spiro atoms. The lowest BCUT2D eigenvalue weighted by molar-refractivity contribution is -0.114. The maximum absolute atomic E-state index is 11.9. The lowest BCUT2D eigenvalue weighted by atomic mass is 9.96. The third-order valence-corrected chi connectivity index (χ3v) is 7.29. The van der Waals surface area contributed by atoms with Crippen molar-refractivity contribution < 1.29 is 14.3 Å². The van der Waals surface area contributed by atoms with Crippen molar-refractivity contribution in [2.45, 2.75) is 32.9 Å². The van der Waals surface area contributed by atoms with Gasteiger partial charge in [-0.05, 0) is 80.2 Å². The van der Waals surface area contributed by atoms with Crippen LogP contribution >= 0.6 is 12.2 Å². The summed E-state index contributed by atoms with van der Waals surface area (Å²) in [7, 11) is 3.25. The quantitative estimate of drug-likeness (QED) is 0.293. The van der Waals surface area contributed by atoms with Gasteiger partial charge in [-0.15, -0.1) is 0 Å². The van der Waals surface area contributed by atoms with Crippen molar-refractivity contribution in [1.29, 1.82) is 0 Å². The van der Waals surface area contributed by atoms with Crippen molar-refractivity contribution in [1.82, 2.24) is 14.9 Å². The second-order valence-corrected chi connectivity index (χ2v) is 9.81. The van der Waals surface area contributed by atoms with Gasteiger partial charge in [-0.3, -0.25) is 9.78 Å². The topological polar surface area (TPSA) is 80.7 Å². The van der Waals surface area contributed by atoms with E-state index < -0.39 is 0 Å². The van der Waals surface area contributed by atoms with E-state index >= 15 is 0 Å². The van der Waals surface area contributed by atoms with Gasteiger partial charge < -0.3 is 29.6 Å². The minimum Gasteiger partial charge on any atom is -0.497 e. The summed E-state index contributed by atoms with van der Waals surface area (Å²) in [6.45, 7) is 5.69. The number of rotatable bonds is 7. The molecule has 1 fully saturated rings. The van der Waals surface area contributed by atoms with E-state index in [0.717, 1.165) is 39.8 Å². The number of benzene rings is 2. The summed E-state index contributed by atoms with van der Waals surface area (Å²) >= 11 is 5.92. The summed E-state index contributed by atoms with van der Waals surface area (Å²) in [5.74, 6) is 1.18. The highest BCUT2D eigenvalue weighted by molar-refractivity contribution is 7.80. The maximum Gasteiger partial charge on any atom is 0.221 e. The van der Waals surface area contributed by atoms with Crippen molar-refractivity contribution >= 4 is 34.6 Å². The summed E-state index contributed by atoms with van der Waals surface area (Å²) in [5.41, 5.74) is 6.58. The van der Waals surface area contributed by atoms with Gasteiger partial charge in [-0.1, -0.05) is 12.1 Å². The van der Waals surface area contributed by atoms with Crippen LogP contribution in [0, 0.1) is 13.8 Å². The molecule has 2 aromatic heterocycles. The van der Waals surface area contributed by atoms with Gasteiger partial charge in [-0.2, -0.15) is 0 Å². The van der Waals surface area contributed by atoms with Gasteiger partial charge in [0.1, 0.15) is 11.5 Å². The first-order valence-corrected chi connectivity index (χ1v) is 13.0. The lowest BCUT2D eigenvalue weighted by Gasteiger charge is -2.29. The van der Waals surface area contributed by atoms with Crippen molar-refractivity contribution in [3.05, 3.63) is 95.6 Å². The van der Waals surface area contributed by atoms with E-state index in [-0.39, 0.29) is 18.0 Å². The Bertz CT molecular complexity index is 1540. The Labute approximate surface area is 233 Å². The number of anilines is 2. The van der Waals surface area contributed by atoms with E-state index in [2.05, 4.69) is 51.1 Å². The molecule has 2 N–H and O–H groups in total. The fraction of sp³-hybridized carbons (Fsp3) is 0.233. The number of hydrogen-bond donors (Lipinski definition) is 2. The zero-order valence-corrected chi connectivity index (χ0v) is 23.4. The van der Waals surface area contributed by atoms with E-state index in [1.54, 1.807) is 20.4 Å². The predicted octanol–water partition coefficient (Wildman–Crippen LogP) is 5.64. The number of nitrogens with one attached hydrogen (secondary N) is 2. The molecule has 0 aliphatic carbocycles. The molecule has 2 aromatic carbocycles. The van der Waals surface area contributed by atoms with Crippen molar-refractivity contribution in [2.24, 2.45) is 0 Å². The van der Waals surface area contributed by atoms with Crippen molar-refractivity contribution in [2.75, 3.05) is 24.4 Å². The molecule has 39 heavy (non-hydrogen) atoms. The Hall–Kier alpha value is -4.37. The molecule has 0 bridgehead atoms. The molecule has 9 heteroatoms. The molecule has 5 rings (SSSR count). The predicted molar refractivity (Wildman–Crippen MR) is 157 cm³/mol. The average molecular weight is 542 g/mol. The molecule has 0 radical (unpaired) electrons. The second-order valence-electron chi connectivity index (χ2n) is 9.43. The number of amides is 1. The molecule has 2 atom stereocenters. The number of nitrogens with zero attached hydrogens (tertiary/aromatic N) is 3. The van der Waals surface area contributed by atoms with Crippen molar-refractivity contribution in [3.63, 3.8) is 0 Å². The number of pyridine rings is 1. The van der Waals surface area contributed by atoms with E-state index in [0.29, 0.717) is 16.5 Å². The molecule has 200 valence electrons. The highest BCUT2D eigenvalue weighted by atomic mass is 32.1. The lowest BCUT2D eigenvalue weighted by Crippen LogP contribution is -2.29. The van der Waals surface area contributed by atoms with Crippen LogP contribution in [0.15, 0.2) is 72.9 Å². The summed E-state index contributed by atoms with van der Waals surface area (Å²) in [6, 6.07) is 21.4. The first-order valence-electron chi connectivity index (χ1n) is 12.6. The molecular weight excluding hydrogens is 510 g/mol. The summed E-state index contributed by atoms with van der Waals surface area (Å²) in [6.07, 6.45) is 1.79. The first-order chi connectivity index (χ1) is 18.8. The molecular formula is C30H31N5O3S. The smallest absolute Gasteiger partial charge is 0.221 e. The van der Waals surface area contributed by atoms with E-state index in [1.165, 1.54) is 6.92 Å². The van der Waals surface area contributed by atoms with Crippen molar-refractivity contribution in [3.8, 4) is 17.2 Å². The first kappa shape index (κ1) is 26.2. The number of aromatic nitrogens is 2. The van der Waals surface area contributed by atoms with Gasteiger partial charge in [0.2, 0.25) is 5.91 Å². The Morgan fingerprint density at radius 2 is 1.82 bits per heavy atom. The molecule has 4 aromatic rings. The summed E-state index contributed by atoms with van der Waals surface area (Å²) in [5, 5.41) is 6.96. The Kier molecular flexibility index (Phi) is 7.26. The van der Waals surface area contributed by atoms with Crippen LogP contribution in [-0.2, 0) is 4.79 Å². The molecule has 1 aliphatic heterocycles. The molecule has 1 aliphatic rings. The van der Waals surface area contributed by atoms with Crippen LogP contribution in [-0.4, -0.2) is 34.8 Å². The van der Waals surface area contributed by atoms with Crippen LogP contribution in [0.3, 0.4) is 0 Å². The van der Waals surface area contributed by atoms with Gasteiger partial charge in [0.05, 0.1) is 37.7 Å². The second kappa shape index (κ2) is 10.8. The number of carbonyl (C=O) groups is 1. The molecule has 8 nitrogen and oxygen atoms in total. The van der Waals surface area contributed by atoms with Crippen LogP contribution in [0.5, 0.6) is 11.5 Å². The van der Waals surface area contributed by atoms with Gasteiger partial charge in [-0.25, -0.2) is 0 Å². The number of thiocarbonyl (C=S) groups is 1. The standard InChI is InChI=1S/C30H31N5O3S/c1-18-15-24(19(2)34(18)21-9-8-10-23(16-21)37-4)29-28(25-11-6-7-14-31-25)33-30(39)35(29)22-12-13-27(38-5)26(17-22)32-20(3)36/h6-17,28-29H,1-5H3,(H,32,36)(H,33,39)/t28-,29-/m0/s1. The number of methoxy groups -OCH3 is 2. The summed E-state index contributed by atoms with van der Waals surface area (Å²) in [4.78, 5) is 18.7. The van der Waals surface area contributed by atoms with Gasteiger partial charge >= 0.3 is 0 Å². The highest BCUT2D eigenvalue weighted by Gasteiger charge is 2.42. The minimum atomic E-state index is -0.212. The fourth-order valence-electron chi connectivity index (χ4n) is 5.32. The third-order valence-electron chi connectivity index (χ3n) is 6.97. The van der Waals surface area contributed by atoms with E-state index in [9.17, 15) is 4.79 Å². The molecule has 3 heterocycles. The molecule has 1 amide bonds.